The number of rotatable bonds is 2. The number of carbonyl (C=O) groups excluding carboxylic acids is 1. The third-order valence-electron chi connectivity index (χ3n) is 4.10. The first-order valence-electron chi connectivity index (χ1n) is 7.69. The number of hydrogen-bond acceptors (Lipinski definition) is 5. The lowest BCUT2D eigenvalue weighted by Crippen LogP contribution is -2.49. The Bertz CT molecular complexity index is 627. The Morgan fingerprint density at radius 2 is 1.83 bits per heavy atom. The van der Waals surface area contributed by atoms with Crippen molar-refractivity contribution < 1.29 is 17.9 Å². The van der Waals surface area contributed by atoms with Gasteiger partial charge in [-0.15, -0.1) is 0 Å². The van der Waals surface area contributed by atoms with Crippen LogP contribution < -0.4 is 0 Å². The number of imidazole rings is 1. The van der Waals surface area contributed by atoms with Gasteiger partial charge in [0.1, 0.15) is 0 Å². The van der Waals surface area contributed by atoms with E-state index in [2.05, 4.69) is 9.97 Å². The van der Waals surface area contributed by atoms with Crippen molar-refractivity contribution in [2.75, 3.05) is 52.5 Å². The van der Waals surface area contributed by atoms with Crippen LogP contribution in [0, 0.1) is 0 Å². The van der Waals surface area contributed by atoms with Crippen LogP contribution in [0.25, 0.3) is 0 Å². The summed E-state index contributed by atoms with van der Waals surface area (Å²) in [5, 5.41) is 0.0884. The van der Waals surface area contributed by atoms with Crippen molar-refractivity contribution >= 4 is 16.1 Å². The second kappa shape index (κ2) is 6.85. The first-order valence-corrected chi connectivity index (χ1v) is 9.13. The number of carbonyl (C=O) groups is 1. The molecule has 3 heterocycles. The van der Waals surface area contributed by atoms with Gasteiger partial charge in [0.15, 0.2) is 5.03 Å². The summed E-state index contributed by atoms with van der Waals surface area (Å²) in [7, 11) is -3.57. The molecule has 0 aliphatic carbocycles. The summed E-state index contributed by atoms with van der Waals surface area (Å²) in [6.07, 6.45) is 3.26. The number of H-pyrrole nitrogens is 1. The lowest BCUT2D eigenvalue weighted by atomic mass is 10.4. The summed E-state index contributed by atoms with van der Waals surface area (Å²) in [5.41, 5.74) is 0. The fourth-order valence-electron chi connectivity index (χ4n) is 2.80. The summed E-state index contributed by atoms with van der Waals surface area (Å²) < 4.78 is 31.7. The topological polar surface area (TPSA) is 98.8 Å². The molecular weight excluding hydrogens is 322 g/mol. The molecule has 0 aromatic carbocycles. The van der Waals surface area contributed by atoms with Crippen LogP contribution in [-0.4, -0.2) is 91.0 Å². The highest BCUT2D eigenvalue weighted by Crippen LogP contribution is 2.16. The van der Waals surface area contributed by atoms with Crippen molar-refractivity contribution in [1.29, 1.82) is 0 Å². The third-order valence-corrected chi connectivity index (χ3v) is 5.92. The first kappa shape index (κ1) is 16.2. The van der Waals surface area contributed by atoms with E-state index in [1.165, 1.54) is 16.8 Å². The molecule has 0 radical (unpaired) electrons. The second-order valence-electron chi connectivity index (χ2n) is 5.54. The quantitative estimate of drug-likeness (QED) is 0.785. The number of sulfonamides is 1. The van der Waals surface area contributed by atoms with E-state index < -0.39 is 10.0 Å². The monoisotopic (exact) mass is 343 g/mol. The average Bonchev–Trinajstić information content (AvgIpc) is 3.00. The molecule has 0 saturated carbocycles. The molecule has 3 rings (SSSR count). The van der Waals surface area contributed by atoms with Crippen LogP contribution in [0.15, 0.2) is 17.6 Å². The third kappa shape index (κ3) is 3.48. The molecule has 1 N–H and O–H groups in total. The molecule has 1 aromatic heterocycles. The molecule has 128 valence electrons. The molecule has 10 heteroatoms. The Labute approximate surface area is 135 Å². The van der Waals surface area contributed by atoms with E-state index in [0.717, 1.165) is 0 Å². The van der Waals surface area contributed by atoms with Crippen LogP contribution in [-0.2, 0) is 14.8 Å². The van der Waals surface area contributed by atoms with Crippen molar-refractivity contribution in [3.63, 3.8) is 0 Å². The number of nitrogens with one attached hydrogen (secondary N) is 1. The number of aromatic nitrogens is 2. The minimum absolute atomic E-state index is 0.0333. The lowest BCUT2D eigenvalue weighted by molar-refractivity contribution is 0.0437. The highest BCUT2D eigenvalue weighted by Gasteiger charge is 2.30. The van der Waals surface area contributed by atoms with Crippen LogP contribution in [0.1, 0.15) is 6.42 Å². The average molecular weight is 343 g/mol. The van der Waals surface area contributed by atoms with Gasteiger partial charge in [0.05, 0.1) is 25.7 Å². The molecule has 0 atom stereocenters. The molecule has 0 unspecified atom stereocenters. The Hall–Kier alpha value is -1.65. The van der Waals surface area contributed by atoms with Gasteiger partial charge in [-0.05, 0) is 6.42 Å². The Morgan fingerprint density at radius 3 is 2.52 bits per heavy atom. The zero-order valence-electron chi connectivity index (χ0n) is 12.8. The predicted octanol–water partition coefficient (Wildman–Crippen LogP) is -0.442. The summed E-state index contributed by atoms with van der Waals surface area (Å²) >= 11 is 0. The molecule has 0 bridgehead atoms. The zero-order chi connectivity index (χ0) is 16.3. The molecule has 2 amide bonds. The van der Waals surface area contributed by atoms with Crippen molar-refractivity contribution in [2.24, 2.45) is 0 Å². The number of morpholine rings is 1. The maximum absolute atomic E-state index is 12.5. The summed E-state index contributed by atoms with van der Waals surface area (Å²) in [5.74, 6) is 0. The lowest BCUT2D eigenvalue weighted by Gasteiger charge is -2.32. The Kier molecular flexibility index (Phi) is 4.83. The second-order valence-corrected chi connectivity index (χ2v) is 7.45. The van der Waals surface area contributed by atoms with Crippen molar-refractivity contribution in [3.05, 3.63) is 12.5 Å². The van der Waals surface area contributed by atoms with Gasteiger partial charge < -0.3 is 19.5 Å². The van der Waals surface area contributed by atoms with Crippen LogP contribution in [0.3, 0.4) is 0 Å². The Balaban J connectivity index is 1.64. The number of nitrogens with zero attached hydrogens (tertiary/aromatic N) is 4. The van der Waals surface area contributed by atoms with Gasteiger partial charge in [0.25, 0.3) is 10.0 Å². The zero-order valence-corrected chi connectivity index (χ0v) is 13.7. The van der Waals surface area contributed by atoms with E-state index in [0.29, 0.717) is 52.4 Å². The van der Waals surface area contributed by atoms with Crippen molar-refractivity contribution in [3.8, 4) is 0 Å². The van der Waals surface area contributed by atoms with E-state index >= 15 is 0 Å². The summed E-state index contributed by atoms with van der Waals surface area (Å²) in [4.78, 5) is 22.4. The van der Waals surface area contributed by atoms with Gasteiger partial charge in [0.2, 0.25) is 0 Å². The fraction of sp³-hybridized carbons (Fsp3) is 0.692. The van der Waals surface area contributed by atoms with E-state index in [9.17, 15) is 13.2 Å². The maximum Gasteiger partial charge on any atom is 0.320 e. The van der Waals surface area contributed by atoms with Crippen molar-refractivity contribution in [2.45, 2.75) is 11.4 Å². The highest BCUT2D eigenvalue weighted by molar-refractivity contribution is 7.89. The number of urea groups is 1. The van der Waals surface area contributed by atoms with Crippen molar-refractivity contribution in [1.82, 2.24) is 24.1 Å². The normalized spacial score (nSPS) is 21.2. The molecule has 9 nitrogen and oxygen atoms in total. The molecule has 2 fully saturated rings. The van der Waals surface area contributed by atoms with Gasteiger partial charge in [-0.1, -0.05) is 0 Å². The van der Waals surface area contributed by atoms with E-state index in [1.54, 1.807) is 9.80 Å². The first-order chi connectivity index (χ1) is 11.1. The predicted molar refractivity (Wildman–Crippen MR) is 81.3 cm³/mol. The highest BCUT2D eigenvalue weighted by atomic mass is 32.2. The number of aromatic amines is 1. The van der Waals surface area contributed by atoms with Crippen LogP contribution >= 0.6 is 0 Å². The van der Waals surface area contributed by atoms with Crippen LogP contribution in [0.5, 0.6) is 0 Å². The SMILES string of the molecule is O=C(N1CCOCC1)N1CCCN(S(=O)(=O)c2cnc[nH]2)CC1. The van der Waals surface area contributed by atoms with E-state index in [-0.39, 0.29) is 17.6 Å². The van der Waals surface area contributed by atoms with Crippen LogP contribution in [0.2, 0.25) is 0 Å². The molecule has 0 spiro atoms. The van der Waals surface area contributed by atoms with Gasteiger partial charge in [-0.25, -0.2) is 18.2 Å². The largest absolute Gasteiger partial charge is 0.378 e. The van der Waals surface area contributed by atoms with E-state index in [1.807, 2.05) is 0 Å². The minimum Gasteiger partial charge on any atom is -0.378 e. The number of amides is 2. The van der Waals surface area contributed by atoms with E-state index in [4.69, 9.17) is 4.74 Å². The van der Waals surface area contributed by atoms with Gasteiger partial charge in [-0.2, -0.15) is 4.31 Å². The summed E-state index contributed by atoms with van der Waals surface area (Å²) in [6, 6.07) is -0.0333. The fourth-order valence-corrected chi connectivity index (χ4v) is 4.17. The summed E-state index contributed by atoms with van der Waals surface area (Å²) in [6.45, 7) is 3.93. The standard InChI is InChI=1S/C13H21N5O4S/c19-13(17-6-8-22-9-7-17)16-2-1-3-18(5-4-16)23(20,21)12-10-14-11-15-12/h10-11H,1-9H2,(H,14,15). The molecule has 1 aromatic rings. The molecule has 23 heavy (non-hydrogen) atoms. The Morgan fingerprint density at radius 1 is 1.09 bits per heavy atom. The molecular formula is C13H21N5O4S. The molecule has 2 aliphatic rings. The van der Waals surface area contributed by atoms with Crippen LogP contribution in [0.4, 0.5) is 4.79 Å². The molecule has 2 saturated heterocycles. The number of hydrogen-bond donors (Lipinski definition) is 1. The smallest absolute Gasteiger partial charge is 0.320 e. The number of ether oxygens (including phenoxy) is 1. The minimum atomic E-state index is -3.57. The van der Waals surface area contributed by atoms with Gasteiger partial charge >= 0.3 is 6.03 Å². The van der Waals surface area contributed by atoms with Gasteiger partial charge in [0, 0.05) is 39.3 Å². The van der Waals surface area contributed by atoms with Gasteiger partial charge in [-0.3, -0.25) is 0 Å². The molecule has 2 aliphatic heterocycles. The maximum atomic E-state index is 12.5.